The summed E-state index contributed by atoms with van der Waals surface area (Å²) in [5.41, 5.74) is 0.878. The summed E-state index contributed by atoms with van der Waals surface area (Å²) in [5.74, 6) is 3.12. The maximum Gasteiger partial charge on any atom is 0.310 e. The molecule has 6 aliphatic rings. The number of methoxy groups -OCH3 is 1. The molecule has 1 N–H and O–H groups in total. The molecule has 4 aliphatic carbocycles. The Bertz CT molecular complexity index is 1790. The number of rotatable bonds is 13. The predicted octanol–water partition coefficient (Wildman–Crippen LogP) is 9.79. The molecule has 58 heavy (non-hydrogen) atoms. The largest absolute Gasteiger partial charge is 0.465 e. The van der Waals surface area contributed by atoms with E-state index in [0.29, 0.717) is 67.8 Å². The SMILES string of the molecule is CCCCOC(=O)[C@@H]1[C@@](C)([C@H](C)C(C)C)CC[C@]2(C)[C@H]3CC[C@@H]4[C@@]5(COC[C@]4(C)[C@@H](OCC4(NS(=O)(=O)c6ccc(C)cc6)CCSCC4)[C@H](OC)C5)C3=CC[C@@]12C. The lowest BCUT2D eigenvalue weighted by Crippen LogP contribution is -2.70. The first kappa shape index (κ1) is 44.6. The molecule has 3 saturated carbocycles. The molecule has 10 heteroatoms. The molecule has 7 rings (SSSR count). The number of fused-ring (bicyclic) bond motifs is 3. The minimum atomic E-state index is -3.76. The van der Waals surface area contributed by atoms with Crippen LogP contribution in [0.25, 0.3) is 0 Å². The van der Waals surface area contributed by atoms with Gasteiger partial charge in [0.25, 0.3) is 0 Å². The molecule has 1 aromatic rings. The molecule has 2 saturated heterocycles. The third kappa shape index (κ3) is 7.19. The van der Waals surface area contributed by atoms with Crippen LogP contribution in [-0.2, 0) is 33.8 Å². The van der Waals surface area contributed by atoms with Gasteiger partial charge in [-0.2, -0.15) is 11.8 Å². The fraction of sp³-hybridized carbons (Fsp3) is 0.812. The molecule has 8 nitrogen and oxygen atoms in total. The molecule has 2 bridgehead atoms. The first-order valence-corrected chi connectivity index (χ1v) is 25.3. The highest BCUT2D eigenvalue weighted by atomic mass is 32.2. The van der Waals surface area contributed by atoms with Gasteiger partial charge in [-0.15, -0.1) is 0 Å². The zero-order valence-electron chi connectivity index (χ0n) is 37.4. The number of hydrogen-bond acceptors (Lipinski definition) is 8. The summed E-state index contributed by atoms with van der Waals surface area (Å²) in [6.45, 7) is 22.9. The highest BCUT2D eigenvalue weighted by Crippen LogP contribution is 2.75. The Morgan fingerprint density at radius 3 is 2.34 bits per heavy atom. The fourth-order valence-electron chi connectivity index (χ4n) is 13.8. The molecule has 11 atom stereocenters. The van der Waals surface area contributed by atoms with E-state index in [1.807, 2.05) is 37.9 Å². The van der Waals surface area contributed by atoms with Crippen molar-refractivity contribution in [2.45, 2.75) is 149 Å². The Balaban J connectivity index is 1.20. The van der Waals surface area contributed by atoms with Gasteiger partial charge in [0.1, 0.15) is 0 Å². The van der Waals surface area contributed by atoms with Crippen molar-refractivity contribution in [2.24, 2.45) is 56.7 Å². The summed E-state index contributed by atoms with van der Waals surface area (Å²) >= 11 is 1.87. The molecule has 1 aromatic carbocycles. The molecule has 0 unspecified atom stereocenters. The molecule has 326 valence electrons. The average Bonchev–Trinajstić information content (AvgIpc) is 3.17. The summed E-state index contributed by atoms with van der Waals surface area (Å²) in [5, 5.41) is 0. The Morgan fingerprint density at radius 1 is 0.983 bits per heavy atom. The fourth-order valence-corrected chi connectivity index (χ4v) is 16.5. The van der Waals surface area contributed by atoms with Crippen molar-refractivity contribution in [1.82, 2.24) is 4.72 Å². The van der Waals surface area contributed by atoms with Crippen LogP contribution in [0.3, 0.4) is 0 Å². The van der Waals surface area contributed by atoms with Gasteiger partial charge in [0.05, 0.1) is 55.0 Å². The van der Waals surface area contributed by atoms with Crippen LogP contribution >= 0.6 is 11.8 Å². The number of thioether (sulfide) groups is 1. The lowest BCUT2D eigenvalue weighted by molar-refractivity contribution is -0.269. The van der Waals surface area contributed by atoms with Crippen molar-refractivity contribution in [3.05, 3.63) is 41.5 Å². The molecule has 0 aromatic heterocycles. The Labute approximate surface area is 355 Å². The van der Waals surface area contributed by atoms with Gasteiger partial charge in [-0.25, -0.2) is 13.1 Å². The first-order valence-electron chi connectivity index (χ1n) is 22.6. The normalized spacial score (nSPS) is 40.1. The van der Waals surface area contributed by atoms with Gasteiger partial charge in [-0.3, -0.25) is 4.79 Å². The first-order chi connectivity index (χ1) is 27.4. The Hall–Kier alpha value is -1.43. The van der Waals surface area contributed by atoms with E-state index in [1.165, 1.54) is 0 Å². The van der Waals surface area contributed by atoms with Crippen LogP contribution in [0, 0.1) is 63.6 Å². The van der Waals surface area contributed by atoms with Crippen molar-refractivity contribution in [3.63, 3.8) is 0 Å². The van der Waals surface area contributed by atoms with Crippen LogP contribution in [-0.4, -0.2) is 77.2 Å². The van der Waals surface area contributed by atoms with Crippen LogP contribution in [0.2, 0.25) is 0 Å². The van der Waals surface area contributed by atoms with Gasteiger partial charge < -0.3 is 18.9 Å². The molecule has 2 heterocycles. The number of sulfonamides is 1. The molecule has 0 amide bonds. The van der Waals surface area contributed by atoms with E-state index < -0.39 is 15.6 Å². The predicted molar refractivity (Wildman–Crippen MR) is 233 cm³/mol. The van der Waals surface area contributed by atoms with Crippen molar-refractivity contribution in [1.29, 1.82) is 0 Å². The zero-order chi connectivity index (χ0) is 41.9. The molecular formula is C48H75NO7S2. The topological polar surface area (TPSA) is 100 Å². The Kier molecular flexibility index (Phi) is 12.6. The van der Waals surface area contributed by atoms with Gasteiger partial charge in [-0.1, -0.05) is 91.2 Å². The number of ether oxygens (including phenoxy) is 4. The van der Waals surface area contributed by atoms with E-state index in [0.717, 1.165) is 68.4 Å². The van der Waals surface area contributed by atoms with Gasteiger partial charge in [-0.05, 0) is 128 Å². The third-order valence-corrected chi connectivity index (χ3v) is 20.4. The van der Waals surface area contributed by atoms with Crippen LogP contribution in [0.15, 0.2) is 40.8 Å². The molecule has 2 aliphatic heterocycles. The van der Waals surface area contributed by atoms with Crippen molar-refractivity contribution in [2.75, 3.05) is 45.0 Å². The number of hydrogen-bond donors (Lipinski definition) is 1. The van der Waals surface area contributed by atoms with Gasteiger partial charge in [0, 0.05) is 17.9 Å². The second-order valence-corrected chi connectivity index (χ2v) is 24.0. The van der Waals surface area contributed by atoms with Crippen molar-refractivity contribution in [3.8, 4) is 0 Å². The van der Waals surface area contributed by atoms with E-state index >= 15 is 0 Å². The standard InChI is InChI=1S/C48H75NO7S2/c1-11-12-25-55-42(50)40-43(6,34(5)32(2)3)21-22-45(8)36-17-18-39-44(7)29-54-31-48(39,37(36)19-20-46(40,45)9)28-38(53-10)41(44)56-30-47(23-26-57-27-24-47)49-58(51,52)35-15-13-33(4)14-16-35/h13-16,19,32,34,36,38-41,49H,11-12,17-18,20-31H2,1-10H3/t34-,36+,38-,39+,40-,41+,43-,44+,45-,46+,48+/m1/s1. The van der Waals surface area contributed by atoms with Crippen LogP contribution < -0.4 is 4.72 Å². The summed E-state index contributed by atoms with van der Waals surface area (Å²) in [7, 11) is -1.93. The number of esters is 1. The molecule has 0 radical (unpaired) electrons. The third-order valence-electron chi connectivity index (χ3n) is 17.8. The van der Waals surface area contributed by atoms with Gasteiger partial charge in [0.15, 0.2) is 0 Å². The number of carbonyl (C=O) groups is 1. The second-order valence-electron chi connectivity index (χ2n) is 21.0. The van der Waals surface area contributed by atoms with E-state index in [2.05, 4.69) is 66.2 Å². The molecular weight excluding hydrogens is 767 g/mol. The number of benzene rings is 1. The van der Waals surface area contributed by atoms with E-state index in [-0.39, 0.29) is 51.2 Å². The van der Waals surface area contributed by atoms with E-state index in [9.17, 15) is 13.2 Å². The number of carbonyl (C=O) groups excluding carboxylic acids is 1. The highest BCUT2D eigenvalue weighted by molar-refractivity contribution is 7.99. The van der Waals surface area contributed by atoms with Crippen LogP contribution in [0.4, 0.5) is 0 Å². The van der Waals surface area contributed by atoms with Crippen molar-refractivity contribution < 1.29 is 32.2 Å². The number of allylic oxidation sites excluding steroid dienone is 1. The molecule has 0 spiro atoms. The monoisotopic (exact) mass is 841 g/mol. The lowest BCUT2D eigenvalue weighted by atomic mass is 9.34. The Morgan fingerprint density at radius 2 is 1.69 bits per heavy atom. The van der Waals surface area contributed by atoms with E-state index in [4.69, 9.17) is 18.9 Å². The average molecular weight is 842 g/mol. The number of unbranched alkanes of at least 4 members (excludes halogenated alkanes) is 1. The highest BCUT2D eigenvalue weighted by Gasteiger charge is 2.72. The minimum absolute atomic E-state index is 0.0155. The lowest BCUT2D eigenvalue weighted by Gasteiger charge is -2.71. The summed E-state index contributed by atoms with van der Waals surface area (Å²) < 4.78 is 57.5. The second kappa shape index (κ2) is 16.4. The molecule has 5 fully saturated rings. The van der Waals surface area contributed by atoms with E-state index in [1.54, 1.807) is 17.7 Å². The number of aryl methyl sites for hydroxylation is 1. The minimum Gasteiger partial charge on any atom is -0.465 e. The summed E-state index contributed by atoms with van der Waals surface area (Å²) in [6, 6.07) is 7.10. The smallest absolute Gasteiger partial charge is 0.310 e. The van der Waals surface area contributed by atoms with Gasteiger partial charge >= 0.3 is 5.97 Å². The maximum atomic E-state index is 14.6. The summed E-state index contributed by atoms with van der Waals surface area (Å²) in [6.07, 6.45) is 11.4. The van der Waals surface area contributed by atoms with Crippen LogP contribution in [0.5, 0.6) is 0 Å². The van der Waals surface area contributed by atoms with Crippen LogP contribution in [0.1, 0.15) is 125 Å². The quantitative estimate of drug-likeness (QED) is 0.119. The van der Waals surface area contributed by atoms with Gasteiger partial charge in [0.2, 0.25) is 10.0 Å². The van der Waals surface area contributed by atoms with Crippen molar-refractivity contribution >= 4 is 27.8 Å². The maximum absolute atomic E-state index is 14.6. The summed E-state index contributed by atoms with van der Waals surface area (Å²) in [4.78, 5) is 14.9. The zero-order valence-corrected chi connectivity index (χ0v) is 39.0. The number of nitrogens with one attached hydrogen (secondary N) is 1.